The summed E-state index contributed by atoms with van der Waals surface area (Å²) in [4.78, 5) is 36.9. The molecule has 1 aliphatic rings. The molecule has 1 aliphatic heterocycles. The van der Waals surface area contributed by atoms with Crippen molar-refractivity contribution >= 4 is 21.3 Å². The van der Waals surface area contributed by atoms with Gasteiger partial charge in [-0.15, -0.1) is 0 Å². The second-order valence-electron chi connectivity index (χ2n) is 7.69. The molecule has 34 heavy (non-hydrogen) atoms. The van der Waals surface area contributed by atoms with Gasteiger partial charge >= 0.3 is 21.3 Å². The zero-order valence-electron chi connectivity index (χ0n) is 18.5. The maximum Gasteiger partial charge on any atom is 0.513 e. The Hall–Kier alpha value is -2.10. The van der Waals surface area contributed by atoms with Crippen LogP contribution in [0.2, 0.25) is 0 Å². The van der Waals surface area contributed by atoms with Gasteiger partial charge in [0.25, 0.3) is 5.08 Å². The first kappa shape index (κ1) is 26.5. The van der Waals surface area contributed by atoms with Crippen molar-refractivity contribution in [2.75, 3.05) is 6.61 Å². The van der Waals surface area contributed by atoms with E-state index in [4.69, 9.17) is 18.5 Å². The predicted octanol–water partition coefficient (Wildman–Crippen LogP) is 4.48. The molecule has 2 aromatic rings. The molecule has 1 saturated heterocycles. The minimum atomic E-state index is -5.18. The van der Waals surface area contributed by atoms with E-state index < -0.39 is 39.1 Å². The molecular weight excluding hydrogens is 488 g/mol. The first-order valence-electron chi connectivity index (χ1n) is 10.7. The van der Waals surface area contributed by atoms with Gasteiger partial charge < -0.3 is 24.4 Å². The molecule has 3 N–H and O–H groups in total. The molecule has 2 heterocycles. The number of pyridine rings is 1. The van der Waals surface area contributed by atoms with Gasteiger partial charge in [0.2, 0.25) is 6.29 Å². The molecule has 13 heteroatoms. The quantitative estimate of drug-likeness (QED) is 0.187. The summed E-state index contributed by atoms with van der Waals surface area (Å²) in [5.41, 5.74) is 0.0991. The third-order valence-electron chi connectivity index (χ3n) is 5.13. The smallest absolute Gasteiger partial charge is 0.434 e. The van der Waals surface area contributed by atoms with E-state index in [0.717, 1.165) is 19.3 Å². The SMILES string of the molecule is CCCCCCOC(=O)Oc1ccccc1C1OP(=O)(O)C(O)(Cc2cccnc2)P(=O)(O)O1. The highest BCUT2D eigenvalue weighted by Crippen LogP contribution is 2.79. The lowest BCUT2D eigenvalue weighted by Gasteiger charge is -2.41. The number of rotatable bonds is 9. The van der Waals surface area contributed by atoms with Crippen LogP contribution < -0.4 is 4.74 Å². The normalized spacial score (nSPS) is 28.9. The maximum atomic E-state index is 13.0. The van der Waals surface area contributed by atoms with Crippen LogP contribution in [0.3, 0.4) is 0 Å². The standard InChI is InChI=1S/C21H27NO10P2/c1-2-3-4-7-13-29-20(23)30-18-11-6-5-10-17(18)19-31-33(25,26)21(24,34(27,28)32-19)14-16-9-8-12-22-15-16/h5-6,8-12,15,19,24H,2-4,7,13-14H2,1H3,(H,25,26)(H,27,28). The molecule has 186 valence electrons. The predicted molar refractivity (Wildman–Crippen MR) is 120 cm³/mol. The van der Waals surface area contributed by atoms with E-state index in [1.165, 1.54) is 48.8 Å². The van der Waals surface area contributed by atoms with E-state index in [1.54, 1.807) is 0 Å². The Morgan fingerprint density at radius 1 is 1.09 bits per heavy atom. The summed E-state index contributed by atoms with van der Waals surface area (Å²) in [6.07, 6.45) is 2.66. The topological polar surface area (TPSA) is 162 Å². The Labute approximate surface area is 196 Å². The molecule has 0 aliphatic carbocycles. The van der Waals surface area contributed by atoms with Gasteiger partial charge in [-0.05, 0) is 24.1 Å². The highest BCUT2D eigenvalue weighted by atomic mass is 31.2. The number of unbranched alkanes of at least 4 members (excludes halogenated alkanes) is 3. The monoisotopic (exact) mass is 515 g/mol. The second kappa shape index (κ2) is 11.1. The van der Waals surface area contributed by atoms with Gasteiger partial charge in [0.1, 0.15) is 5.75 Å². The van der Waals surface area contributed by atoms with Crippen LogP contribution in [0.25, 0.3) is 0 Å². The van der Waals surface area contributed by atoms with Crippen LogP contribution in [-0.2, 0) is 29.3 Å². The summed E-state index contributed by atoms with van der Waals surface area (Å²) >= 11 is 0. The molecule has 2 atom stereocenters. The van der Waals surface area contributed by atoms with Gasteiger partial charge in [-0.3, -0.25) is 23.2 Å². The zero-order valence-corrected chi connectivity index (χ0v) is 20.3. The molecule has 0 amide bonds. The Morgan fingerprint density at radius 3 is 2.44 bits per heavy atom. The molecule has 0 radical (unpaired) electrons. The number of benzene rings is 1. The highest BCUT2D eigenvalue weighted by Gasteiger charge is 2.67. The second-order valence-corrected chi connectivity index (χ2v) is 12.0. The number of hydrogen-bond donors (Lipinski definition) is 3. The first-order chi connectivity index (χ1) is 16.1. The van der Waals surface area contributed by atoms with E-state index in [9.17, 15) is 28.8 Å². The molecule has 0 saturated carbocycles. The summed E-state index contributed by atoms with van der Waals surface area (Å²) in [5.74, 6) is -0.163. The Morgan fingerprint density at radius 2 is 1.79 bits per heavy atom. The summed E-state index contributed by atoms with van der Waals surface area (Å²) in [6.45, 7) is 2.20. The number of carbonyl (C=O) groups excluding carboxylic acids is 1. The third kappa shape index (κ3) is 5.93. The van der Waals surface area contributed by atoms with Crippen molar-refractivity contribution < 1.29 is 47.3 Å². The number of carbonyl (C=O) groups is 1. The fraction of sp³-hybridized carbons (Fsp3) is 0.429. The van der Waals surface area contributed by atoms with Crippen LogP contribution in [0.1, 0.15) is 50.0 Å². The maximum absolute atomic E-state index is 13.0. The molecule has 1 aromatic carbocycles. The fourth-order valence-electron chi connectivity index (χ4n) is 3.27. The van der Waals surface area contributed by atoms with E-state index >= 15 is 0 Å². The molecule has 1 aromatic heterocycles. The van der Waals surface area contributed by atoms with Gasteiger partial charge in [0.05, 0.1) is 12.2 Å². The Bertz CT molecular complexity index is 1050. The van der Waals surface area contributed by atoms with Crippen molar-refractivity contribution in [3.63, 3.8) is 0 Å². The average molecular weight is 515 g/mol. The highest BCUT2D eigenvalue weighted by molar-refractivity contribution is 7.73. The number of ether oxygens (including phenoxy) is 2. The van der Waals surface area contributed by atoms with Crippen LogP contribution in [-0.4, -0.2) is 37.7 Å². The van der Waals surface area contributed by atoms with Gasteiger partial charge in [-0.1, -0.05) is 50.5 Å². The van der Waals surface area contributed by atoms with Crippen molar-refractivity contribution in [3.05, 3.63) is 59.9 Å². The van der Waals surface area contributed by atoms with Crippen molar-refractivity contribution in [1.29, 1.82) is 0 Å². The lowest BCUT2D eigenvalue weighted by molar-refractivity contribution is -0.0588. The zero-order chi connectivity index (χ0) is 24.8. The van der Waals surface area contributed by atoms with Crippen LogP contribution in [0, 0.1) is 0 Å². The van der Waals surface area contributed by atoms with Crippen molar-refractivity contribution in [1.82, 2.24) is 4.98 Å². The van der Waals surface area contributed by atoms with Crippen LogP contribution in [0.4, 0.5) is 4.79 Å². The molecule has 0 bridgehead atoms. The van der Waals surface area contributed by atoms with Crippen molar-refractivity contribution in [2.45, 2.75) is 50.4 Å². The molecular formula is C21H27NO10P2. The van der Waals surface area contributed by atoms with E-state index in [0.29, 0.717) is 6.42 Å². The Kier molecular flexibility index (Phi) is 8.65. The van der Waals surface area contributed by atoms with Crippen molar-refractivity contribution in [2.24, 2.45) is 0 Å². The third-order valence-corrected chi connectivity index (χ3v) is 9.73. The van der Waals surface area contributed by atoms with E-state index in [1.807, 2.05) is 0 Å². The van der Waals surface area contributed by atoms with Gasteiger partial charge in [0, 0.05) is 18.8 Å². The van der Waals surface area contributed by atoms with Gasteiger partial charge in [0.15, 0.2) is 0 Å². The van der Waals surface area contributed by atoms with E-state index in [2.05, 4.69) is 11.9 Å². The molecule has 2 unspecified atom stereocenters. The Balaban J connectivity index is 1.78. The lowest BCUT2D eigenvalue weighted by Crippen LogP contribution is -2.38. The summed E-state index contributed by atoms with van der Waals surface area (Å²) in [6, 6.07) is 8.58. The lowest BCUT2D eigenvalue weighted by atomic mass is 10.2. The van der Waals surface area contributed by atoms with Crippen LogP contribution in [0.5, 0.6) is 5.75 Å². The van der Waals surface area contributed by atoms with Crippen molar-refractivity contribution in [3.8, 4) is 5.75 Å². The molecule has 1 fully saturated rings. The number of hydrogen-bond acceptors (Lipinski definition) is 9. The molecule has 0 spiro atoms. The first-order valence-corrected chi connectivity index (χ1v) is 13.8. The fourth-order valence-corrected chi connectivity index (χ4v) is 6.83. The number of para-hydroxylation sites is 1. The molecule has 3 rings (SSSR count). The summed E-state index contributed by atoms with van der Waals surface area (Å²) < 4.78 is 46.3. The average Bonchev–Trinajstić information content (AvgIpc) is 2.78. The number of aromatic nitrogens is 1. The summed E-state index contributed by atoms with van der Waals surface area (Å²) in [5, 5.41) is 7.68. The van der Waals surface area contributed by atoms with Crippen LogP contribution >= 0.6 is 15.2 Å². The summed E-state index contributed by atoms with van der Waals surface area (Å²) in [7, 11) is -10.4. The van der Waals surface area contributed by atoms with E-state index in [-0.39, 0.29) is 23.5 Å². The minimum absolute atomic E-state index is 0.114. The van der Waals surface area contributed by atoms with Gasteiger partial charge in [-0.2, -0.15) is 0 Å². The van der Waals surface area contributed by atoms with Crippen LogP contribution in [0.15, 0.2) is 48.8 Å². The number of nitrogens with zero attached hydrogens (tertiary/aromatic N) is 1. The molecule has 11 nitrogen and oxygen atoms in total. The largest absolute Gasteiger partial charge is 0.513 e. The number of aliphatic hydroxyl groups is 1. The minimum Gasteiger partial charge on any atom is -0.434 e. The van der Waals surface area contributed by atoms with Gasteiger partial charge in [-0.25, -0.2) is 4.79 Å².